The number of rotatable bonds is 2. The minimum absolute atomic E-state index is 0.0372. The minimum atomic E-state index is -0.585. The van der Waals surface area contributed by atoms with E-state index in [4.69, 9.17) is 11.6 Å². The highest BCUT2D eigenvalue weighted by Crippen LogP contribution is 2.26. The van der Waals surface area contributed by atoms with Gasteiger partial charge < -0.3 is 5.32 Å². The number of amides is 1. The molecule has 0 bridgehead atoms. The molecule has 6 heteroatoms. The first-order chi connectivity index (χ1) is 8.99. The summed E-state index contributed by atoms with van der Waals surface area (Å²) in [5.41, 5.74) is 0.302. The molecule has 0 heterocycles. The Hall–Kier alpha value is -1.04. The maximum Gasteiger partial charge on any atom is 0.256 e. The van der Waals surface area contributed by atoms with Gasteiger partial charge in [0.2, 0.25) is 0 Å². The van der Waals surface area contributed by atoms with Gasteiger partial charge in [-0.2, -0.15) is 0 Å². The lowest BCUT2D eigenvalue weighted by molar-refractivity contribution is 0.102. The molecule has 2 nitrogen and oxygen atoms in total. The number of anilines is 1. The predicted octanol–water partition coefficient (Wildman–Crippen LogP) is 4.78. The van der Waals surface area contributed by atoms with Crippen LogP contribution in [0.4, 0.5) is 10.1 Å². The highest BCUT2D eigenvalue weighted by molar-refractivity contribution is 9.10. The van der Waals surface area contributed by atoms with Crippen LogP contribution in [0.1, 0.15) is 10.4 Å². The van der Waals surface area contributed by atoms with Gasteiger partial charge in [0.05, 0.1) is 16.3 Å². The Balaban J connectivity index is 2.31. The summed E-state index contributed by atoms with van der Waals surface area (Å²) in [5.74, 6) is -1.05. The molecule has 2 aromatic carbocycles. The third-order valence-corrected chi connectivity index (χ3v) is 3.58. The van der Waals surface area contributed by atoms with E-state index in [0.717, 1.165) is 4.47 Å². The summed E-state index contributed by atoms with van der Waals surface area (Å²) in [7, 11) is 0. The van der Waals surface area contributed by atoms with Gasteiger partial charge in [-0.05, 0) is 30.3 Å². The Morgan fingerprint density at radius 1 is 1.32 bits per heavy atom. The van der Waals surface area contributed by atoms with Crippen LogP contribution < -0.4 is 5.32 Å². The molecular weight excluding hydrogens is 353 g/mol. The molecule has 0 saturated heterocycles. The van der Waals surface area contributed by atoms with Gasteiger partial charge in [0, 0.05) is 9.37 Å². The molecule has 0 aliphatic rings. The van der Waals surface area contributed by atoms with E-state index in [2.05, 4.69) is 33.9 Å². The summed E-state index contributed by atoms with van der Waals surface area (Å²) in [6, 6.07) is 9.18. The average Bonchev–Trinajstić information content (AvgIpc) is 2.33. The maximum absolute atomic E-state index is 13.6. The van der Waals surface area contributed by atoms with E-state index in [0.29, 0.717) is 10.5 Å². The number of para-hydroxylation sites is 1. The molecule has 0 aromatic heterocycles. The van der Waals surface area contributed by atoms with Gasteiger partial charge in [0.1, 0.15) is 5.82 Å². The van der Waals surface area contributed by atoms with Crippen LogP contribution in [0.25, 0.3) is 0 Å². The Morgan fingerprint density at radius 3 is 2.68 bits per heavy atom. The molecule has 19 heavy (non-hydrogen) atoms. The Morgan fingerprint density at radius 2 is 2.05 bits per heavy atom. The first kappa shape index (κ1) is 14.4. The number of nitrogens with one attached hydrogen (secondary N) is 1. The van der Waals surface area contributed by atoms with Gasteiger partial charge in [-0.3, -0.25) is 4.79 Å². The summed E-state index contributed by atoms with van der Waals surface area (Å²) in [6.45, 7) is 0. The van der Waals surface area contributed by atoms with Crippen LogP contribution >= 0.6 is 40.2 Å². The quantitative estimate of drug-likeness (QED) is 0.741. The van der Waals surface area contributed by atoms with Crippen molar-refractivity contribution < 1.29 is 9.18 Å². The van der Waals surface area contributed by atoms with Crippen molar-refractivity contribution in [1.82, 2.24) is 0 Å². The standard InChI is InChI=1S/C13H8BrClFNOS/c14-7-4-5-8(11(19)6-7)13(18)17-12-9(15)2-1-3-10(12)16/h1-6,19H,(H,17,18). The number of benzene rings is 2. The van der Waals surface area contributed by atoms with E-state index >= 15 is 0 Å². The van der Waals surface area contributed by atoms with E-state index in [1.54, 1.807) is 18.2 Å². The van der Waals surface area contributed by atoms with E-state index in [1.165, 1.54) is 18.2 Å². The second-order valence-electron chi connectivity index (χ2n) is 3.71. The molecular formula is C13H8BrClFNOS. The molecule has 1 amide bonds. The van der Waals surface area contributed by atoms with Crippen LogP contribution in [0.15, 0.2) is 45.8 Å². The number of carbonyl (C=O) groups excluding carboxylic acids is 1. The Bertz CT molecular complexity index is 630. The fraction of sp³-hybridized carbons (Fsp3) is 0. The summed E-state index contributed by atoms with van der Waals surface area (Å²) in [5, 5.41) is 2.59. The summed E-state index contributed by atoms with van der Waals surface area (Å²) < 4.78 is 14.4. The van der Waals surface area contributed by atoms with Crippen LogP contribution in [0, 0.1) is 5.82 Å². The van der Waals surface area contributed by atoms with Crippen LogP contribution in [-0.4, -0.2) is 5.91 Å². The lowest BCUT2D eigenvalue weighted by Crippen LogP contribution is -2.14. The minimum Gasteiger partial charge on any atom is -0.318 e. The van der Waals surface area contributed by atoms with Crippen molar-refractivity contribution in [3.05, 3.63) is 57.3 Å². The van der Waals surface area contributed by atoms with Gasteiger partial charge in [0.15, 0.2) is 0 Å². The Kier molecular flexibility index (Phi) is 4.50. The van der Waals surface area contributed by atoms with Gasteiger partial charge >= 0.3 is 0 Å². The Labute approximate surface area is 128 Å². The molecule has 0 atom stereocenters. The van der Waals surface area contributed by atoms with Crippen LogP contribution in [0.5, 0.6) is 0 Å². The molecule has 0 spiro atoms. The highest BCUT2D eigenvalue weighted by Gasteiger charge is 2.14. The fourth-order valence-electron chi connectivity index (χ4n) is 1.49. The number of thiol groups is 1. The van der Waals surface area contributed by atoms with Gasteiger partial charge in [0.25, 0.3) is 5.91 Å². The topological polar surface area (TPSA) is 29.1 Å². The predicted molar refractivity (Wildman–Crippen MR) is 80.8 cm³/mol. The first-order valence-corrected chi connectivity index (χ1v) is 6.84. The van der Waals surface area contributed by atoms with Gasteiger partial charge in [-0.1, -0.05) is 33.6 Å². The number of hydrogen-bond donors (Lipinski definition) is 2. The third kappa shape index (κ3) is 3.29. The average molecular weight is 361 g/mol. The number of hydrogen-bond acceptors (Lipinski definition) is 2. The van der Waals surface area contributed by atoms with E-state index < -0.39 is 11.7 Å². The smallest absolute Gasteiger partial charge is 0.256 e. The molecule has 0 saturated carbocycles. The van der Waals surface area contributed by atoms with Crippen molar-refractivity contribution in [3.63, 3.8) is 0 Å². The third-order valence-electron chi connectivity index (χ3n) is 2.41. The second-order valence-corrected chi connectivity index (χ2v) is 5.52. The lowest BCUT2D eigenvalue weighted by Gasteiger charge is -2.09. The van der Waals surface area contributed by atoms with Crippen molar-refractivity contribution >= 4 is 51.8 Å². The van der Waals surface area contributed by atoms with E-state index in [9.17, 15) is 9.18 Å². The molecule has 0 aliphatic carbocycles. The molecule has 0 aliphatic heterocycles. The number of halogens is 3. The zero-order chi connectivity index (χ0) is 14.0. The number of carbonyl (C=O) groups is 1. The molecule has 98 valence electrons. The van der Waals surface area contributed by atoms with Crippen LogP contribution in [0.3, 0.4) is 0 Å². The molecule has 0 fully saturated rings. The van der Waals surface area contributed by atoms with Crippen molar-refractivity contribution in [3.8, 4) is 0 Å². The zero-order valence-electron chi connectivity index (χ0n) is 9.45. The summed E-state index contributed by atoms with van der Waals surface area (Å²) in [6.07, 6.45) is 0. The maximum atomic E-state index is 13.6. The molecule has 1 N–H and O–H groups in total. The monoisotopic (exact) mass is 359 g/mol. The normalized spacial score (nSPS) is 10.3. The van der Waals surface area contributed by atoms with Crippen LogP contribution in [0.2, 0.25) is 5.02 Å². The lowest BCUT2D eigenvalue weighted by atomic mass is 10.2. The molecule has 0 radical (unpaired) electrons. The van der Waals surface area contributed by atoms with E-state index in [-0.39, 0.29) is 10.7 Å². The van der Waals surface area contributed by atoms with E-state index in [1.807, 2.05) is 0 Å². The first-order valence-electron chi connectivity index (χ1n) is 5.23. The summed E-state index contributed by atoms with van der Waals surface area (Å²) in [4.78, 5) is 12.5. The van der Waals surface area contributed by atoms with Crippen molar-refractivity contribution in [2.24, 2.45) is 0 Å². The molecule has 2 rings (SSSR count). The largest absolute Gasteiger partial charge is 0.318 e. The highest BCUT2D eigenvalue weighted by atomic mass is 79.9. The molecule has 2 aromatic rings. The van der Waals surface area contributed by atoms with Crippen molar-refractivity contribution in [2.75, 3.05) is 5.32 Å². The SMILES string of the molecule is O=C(Nc1c(F)cccc1Cl)c1ccc(Br)cc1S. The zero-order valence-corrected chi connectivity index (χ0v) is 12.7. The molecule has 0 unspecified atom stereocenters. The van der Waals surface area contributed by atoms with Gasteiger partial charge in [-0.15, -0.1) is 12.6 Å². The van der Waals surface area contributed by atoms with Crippen LogP contribution in [-0.2, 0) is 0 Å². The van der Waals surface area contributed by atoms with Crippen molar-refractivity contribution in [2.45, 2.75) is 4.90 Å². The summed E-state index contributed by atoms with van der Waals surface area (Å²) >= 11 is 13.3. The fourth-order valence-corrected chi connectivity index (χ4v) is 2.56. The second kappa shape index (κ2) is 5.94. The van der Waals surface area contributed by atoms with Gasteiger partial charge in [-0.25, -0.2) is 4.39 Å². The van der Waals surface area contributed by atoms with Crippen molar-refractivity contribution in [1.29, 1.82) is 0 Å².